The van der Waals surface area contributed by atoms with Gasteiger partial charge in [-0.05, 0) is 19.2 Å². The minimum atomic E-state index is -1.14. The normalized spacial score (nSPS) is 13.3. The van der Waals surface area contributed by atoms with E-state index < -0.39 is 7.12 Å². The van der Waals surface area contributed by atoms with Gasteiger partial charge in [0.05, 0.1) is 0 Å². The van der Waals surface area contributed by atoms with E-state index in [1.54, 1.807) is 0 Å². The molecule has 0 aliphatic carbocycles. The molecular weight excluding hydrogens is 183 g/mol. The first kappa shape index (κ1) is 9.46. The SMILES string of the molecule is CCC(Br)CCB(O)O. The summed E-state index contributed by atoms with van der Waals surface area (Å²) >= 11 is 3.38. The van der Waals surface area contributed by atoms with Crippen LogP contribution in [-0.4, -0.2) is 22.0 Å². The molecule has 0 saturated carbocycles. The molecule has 0 rings (SSSR count). The lowest BCUT2D eigenvalue weighted by atomic mass is 9.83. The maximum Gasteiger partial charge on any atom is 0.451 e. The highest BCUT2D eigenvalue weighted by Crippen LogP contribution is 2.11. The summed E-state index contributed by atoms with van der Waals surface area (Å²) in [7, 11) is -1.14. The number of rotatable bonds is 4. The molecule has 54 valence electrons. The van der Waals surface area contributed by atoms with Gasteiger partial charge in [-0.1, -0.05) is 22.9 Å². The van der Waals surface area contributed by atoms with Crippen molar-refractivity contribution in [3.63, 3.8) is 0 Å². The first-order valence-corrected chi connectivity index (χ1v) is 4.08. The van der Waals surface area contributed by atoms with E-state index in [1.165, 1.54) is 0 Å². The van der Waals surface area contributed by atoms with Crippen molar-refractivity contribution in [1.82, 2.24) is 0 Å². The summed E-state index contributed by atoms with van der Waals surface area (Å²) in [4.78, 5) is 0.430. The highest BCUT2D eigenvalue weighted by atomic mass is 79.9. The summed E-state index contributed by atoms with van der Waals surface area (Å²) in [6.07, 6.45) is 2.32. The summed E-state index contributed by atoms with van der Waals surface area (Å²) in [6, 6.07) is 0. The summed E-state index contributed by atoms with van der Waals surface area (Å²) < 4.78 is 0. The third-order valence-corrected chi connectivity index (χ3v) is 2.29. The fraction of sp³-hybridized carbons (Fsp3) is 1.00. The Labute approximate surface area is 64.5 Å². The zero-order valence-corrected chi connectivity index (χ0v) is 7.13. The smallest absolute Gasteiger partial charge is 0.427 e. The predicted octanol–water partition coefficient (Wildman–Crippen LogP) is 1.02. The van der Waals surface area contributed by atoms with Gasteiger partial charge >= 0.3 is 7.12 Å². The predicted molar refractivity (Wildman–Crippen MR) is 42.6 cm³/mol. The lowest BCUT2D eigenvalue weighted by Crippen LogP contribution is -2.12. The Bertz CT molecular complexity index is 70.0. The van der Waals surface area contributed by atoms with Crippen LogP contribution in [0.4, 0.5) is 0 Å². The van der Waals surface area contributed by atoms with Gasteiger partial charge in [0.15, 0.2) is 0 Å². The highest BCUT2D eigenvalue weighted by molar-refractivity contribution is 9.09. The molecule has 1 unspecified atom stereocenters. The molecule has 0 radical (unpaired) electrons. The van der Waals surface area contributed by atoms with Crippen LogP contribution in [-0.2, 0) is 0 Å². The van der Waals surface area contributed by atoms with Crippen molar-refractivity contribution >= 4 is 23.0 Å². The molecule has 0 fully saturated rings. The molecule has 0 heterocycles. The van der Waals surface area contributed by atoms with Crippen LogP contribution in [0.3, 0.4) is 0 Å². The Kier molecular flexibility index (Phi) is 5.54. The molecule has 0 amide bonds. The van der Waals surface area contributed by atoms with Crippen LogP contribution in [0, 0.1) is 0 Å². The van der Waals surface area contributed by atoms with E-state index in [-0.39, 0.29) is 0 Å². The molecule has 0 aromatic carbocycles. The van der Waals surface area contributed by atoms with Crippen molar-refractivity contribution in [2.75, 3.05) is 0 Å². The summed E-state index contributed by atoms with van der Waals surface area (Å²) in [6.45, 7) is 2.06. The van der Waals surface area contributed by atoms with Crippen molar-refractivity contribution in [2.45, 2.75) is 30.9 Å². The largest absolute Gasteiger partial charge is 0.451 e. The first-order chi connectivity index (χ1) is 4.16. The third-order valence-electron chi connectivity index (χ3n) is 1.18. The van der Waals surface area contributed by atoms with Crippen molar-refractivity contribution in [3.8, 4) is 0 Å². The summed E-state index contributed by atoms with van der Waals surface area (Å²) in [5.74, 6) is 0. The van der Waals surface area contributed by atoms with Gasteiger partial charge in [0.1, 0.15) is 0 Å². The maximum absolute atomic E-state index is 8.43. The second-order valence-electron chi connectivity index (χ2n) is 2.06. The highest BCUT2D eigenvalue weighted by Gasteiger charge is 2.08. The van der Waals surface area contributed by atoms with E-state index in [1.807, 2.05) is 0 Å². The minimum absolute atomic E-state index is 0.430. The van der Waals surface area contributed by atoms with Gasteiger partial charge in [0.25, 0.3) is 0 Å². The van der Waals surface area contributed by atoms with Gasteiger partial charge in [-0.25, -0.2) is 0 Å². The van der Waals surface area contributed by atoms with E-state index in [4.69, 9.17) is 10.0 Å². The van der Waals surface area contributed by atoms with Crippen molar-refractivity contribution in [1.29, 1.82) is 0 Å². The second kappa shape index (κ2) is 5.27. The average molecular weight is 195 g/mol. The molecule has 0 aliphatic rings. The molecule has 0 saturated heterocycles. The molecule has 0 aromatic rings. The minimum Gasteiger partial charge on any atom is -0.427 e. The number of hydrogen-bond donors (Lipinski definition) is 2. The van der Waals surface area contributed by atoms with Crippen LogP contribution in [0.1, 0.15) is 19.8 Å². The van der Waals surface area contributed by atoms with Crippen molar-refractivity contribution in [2.24, 2.45) is 0 Å². The van der Waals surface area contributed by atoms with Crippen molar-refractivity contribution < 1.29 is 10.0 Å². The Morgan fingerprint density at radius 2 is 2.11 bits per heavy atom. The Hall–Kier alpha value is 0.465. The Morgan fingerprint density at radius 3 is 2.44 bits per heavy atom. The third kappa shape index (κ3) is 6.35. The monoisotopic (exact) mass is 194 g/mol. The molecule has 1 atom stereocenters. The number of alkyl halides is 1. The standard InChI is InChI=1S/C5H12BBrO2/c1-2-5(7)3-4-6(8)9/h5,8-9H,2-4H2,1H3. The molecule has 0 aliphatic heterocycles. The molecule has 9 heavy (non-hydrogen) atoms. The van der Waals surface area contributed by atoms with Gasteiger partial charge in [0, 0.05) is 4.83 Å². The Morgan fingerprint density at radius 1 is 1.56 bits per heavy atom. The van der Waals surface area contributed by atoms with Crippen LogP contribution in [0.5, 0.6) is 0 Å². The van der Waals surface area contributed by atoms with Crippen LogP contribution in [0.2, 0.25) is 6.32 Å². The molecule has 0 bridgehead atoms. The van der Waals surface area contributed by atoms with Crippen LogP contribution in [0.15, 0.2) is 0 Å². The fourth-order valence-corrected chi connectivity index (χ4v) is 0.798. The average Bonchev–Trinajstić information content (AvgIpc) is 1.83. The van der Waals surface area contributed by atoms with E-state index in [0.717, 1.165) is 12.8 Å². The fourth-order valence-electron chi connectivity index (χ4n) is 0.534. The van der Waals surface area contributed by atoms with E-state index in [9.17, 15) is 0 Å². The van der Waals surface area contributed by atoms with Gasteiger partial charge in [0.2, 0.25) is 0 Å². The van der Waals surface area contributed by atoms with Crippen molar-refractivity contribution in [3.05, 3.63) is 0 Å². The molecule has 2 nitrogen and oxygen atoms in total. The second-order valence-corrected chi connectivity index (χ2v) is 3.36. The lowest BCUT2D eigenvalue weighted by Gasteiger charge is -2.03. The molecule has 2 N–H and O–H groups in total. The van der Waals surface area contributed by atoms with Crippen LogP contribution >= 0.6 is 15.9 Å². The number of halogens is 1. The van der Waals surface area contributed by atoms with E-state index >= 15 is 0 Å². The Balaban J connectivity index is 3.06. The van der Waals surface area contributed by atoms with E-state index in [2.05, 4.69) is 22.9 Å². The molecule has 4 heteroatoms. The summed E-state index contributed by atoms with van der Waals surface area (Å²) in [5, 5.41) is 16.9. The first-order valence-electron chi connectivity index (χ1n) is 3.17. The van der Waals surface area contributed by atoms with Gasteiger partial charge in [-0.2, -0.15) is 0 Å². The molecular formula is C5H12BBrO2. The maximum atomic E-state index is 8.43. The summed E-state index contributed by atoms with van der Waals surface area (Å²) in [5.41, 5.74) is 0. The van der Waals surface area contributed by atoms with Gasteiger partial charge in [-0.3, -0.25) is 0 Å². The van der Waals surface area contributed by atoms with Gasteiger partial charge < -0.3 is 10.0 Å². The number of hydrogen-bond acceptors (Lipinski definition) is 2. The lowest BCUT2D eigenvalue weighted by molar-refractivity contribution is 0.402. The van der Waals surface area contributed by atoms with Crippen LogP contribution in [0.25, 0.3) is 0 Å². The van der Waals surface area contributed by atoms with E-state index in [0.29, 0.717) is 11.1 Å². The van der Waals surface area contributed by atoms with Crippen LogP contribution < -0.4 is 0 Å². The molecule has 0 spiro atoms. The van der Waals surface area contributed by atoms with Gasteiger partial charge in [-0.15, -0.1) is 0 Å². The molecule has 0 aromatic heterocycles. The quantitative estimate of drug-likeness (QED) is 0.519. The topological polar surface area (TPSA) is 40.5 Å². The zero-order valence-electron chi connectivity index (χ0n) is 5.55. The zero-order chi connectivity index (χ0) is 7.28.